The van der Waals surface area contributed by atoms with Crippen LogP contribution in [0.4, 0.5) is 0 Å². The Labute approximate surface area is 188 Å². The third kappa shape index (κ3) is 2.86. The van der Waals surface area contributed by atoms with Crippen LogP contribution < -0.4 is 0 Å². The maximum atomic E-state index is 2.60. The van der Waals surface area contributed by atoms with Crippen LogP contribution in [-0.4, -0.2) is 9.13 Å². The van der Waals surface area contributed by atoms with Crippen molar-refractivity contribution in [3.63, 3.8) is 0 Å². The lowest BCUT2D eigenvalue weighted by Crippen LogP contribution is -2.18. The van der Waals surface area contributed by atoms with E-state index < -0.39 is 0 Å². The first kappa shape index (κ1) is 19.2. The Balaban J connectivity index is 1.71. The zero-order chi connectivity index (χ0) is 21.5. The fraction of sp³-hybridized carbons (Fsp3) is 0.200. The van der Waals surface area contributed by atoms with Gasteiger partial charge in [0, 0.05) is 21.5 Å². The second-order valence-corrected chi connectivity index (χ2v) is 8.79. The summed E-state index contributed by atoms with van der Waals surface area (Å²) in [6.45, 7) is 2.29. The fourth-order valence-electron chi connectivity index (χ4n) is 5.50. The Bertz CT molecular complexity index is 1330. The fourth-order valence-corrected chi connectivity index (χ4v) is 5.50. The summed E-state index contributed by atoms with van der Waals surface area (Å²) in [5.41, 5.74) is 5.27. The van der Waals surface area contributed by atoms with Gasteiger partial charge in [0.1, 0.15) is 6.17 Å². The average molecular weight is 417 g/mol. The Morgan fingerprint density at radius 1 is 0.500 bits per heavy atom. The third-order valence-electron chi connectivity index (χ3n) is 6.90. The van der Waals surface area contributed by atoms with E-state index in [-0.39, 0.29) is 6.17 Å². The van der Waals surface area contributed by atoms with Crippen LogP contribution in [0.2, 0.25) is 0 Å². The van der Waals surface area contributed by atoms with Crippen molar-refractivity contribution >= 4 is 43.6 Å². The Morgan fingerprint density at radius 2 is 0.844 bits per heavy atom. The molecule has 0 saturated carbocycles. The van der Waals surface area contributed by atoms with Crippen LogP contribution >= 0.6 is 0 Å². The molecule has 0 saturated heterocycles. The molecule has 0 spiro atoms. The van der Waals surface area contributed by atoms with Gasteiger partial charge in [0.15, 0.2) is 0 Å². The standard InChI is InChI=1S/C30H28N2/c1-2-3-4-21-30(31-26-17-9-5-13-22(26)23-14-6-10-18-27(23)31)32-28-19-11-7-15-24(28)25-16-8-12-20-29(25)32/h5-20,30H,2-4,21H2,1H3. The molecule has 0 aliphatic heterocycles. The van der Waals surface area contributed by atoms with Gasteiger partial charge in [-0.1, -0.05) is 92.6 Å². The second-order valence-electron chi connectivity index (χ2n) is 8.79. The second kappa shape index (κ2) is 7.87. The minimum atomic E-state index is 0.219. The molecule has 2 heteroatoms. The summed E-state index contributed by atoms with van der Waals surface area (Å²) in [5.74, 6) is 0. The topological polar surface area (TPSA) is 9.86 Å². The number of rotatable bonds is 6. The third-order valence-corrected chi connectivity index (χ3v) is 6.90. The number of benzene rings is 4. The average Bonchev–Trinajstić information content (AvgIpc) is 3.36. The van der Waals surface area contributed by atoms with Crippen LogP contribution in [0.5, 0.6) is 0 Å². The van der Waals surface area contributed by atoms with Gasteiger partial charge in [0.25, 0.3) is 0 Å². The number of hydrogen-bond acceptors (Lipinski definition) is 0. The van der Waals surface area contributed by atoms with Crippen LogP contribution in [0.3, 0.4) is 0 Å². The van der Waals surface area contributed by atoms with Crippen molar-refractivity contribution in [1.29, 1.82) is 0 Å². The summed E-state index contributed by atoms with van der Waals surface area (Å²) in [7, 11) is 0. The monoisotopic (exact) mass is 416 g/mol. The van der Waals surface area contributed by atoms with Gasteiger partial charge >= 0.3 is 0 Å². The van der Waals surface area contributed by atoms with Crippen molar-refractivity contribution in [3.05, 3.63) is 97.1 Å². The quantitative estimate of drug-likeness (QED) is 0.241. The molecule has 2 aromatic heterocycles. The number of hydrogen-bond donors (Lipinski definition) is 0. The first-order chi connectivity index (χ1) is 15.9. The molecule has 0 bridgehead atoms. The molecule has 4 aromatic carbocycles. The molecule has 2 nitrogen and oxygen atoms in total. The van der Waals surface area contributed by atoms with Crippen molar-refractivity contribution in [2.45, 2.75) is 38.8 Å². The van der Waals surface area contributed by atoms with Crippen LogP contribution in [-0.2, 0) is 0 Å². The van der Waals surface area contributed by atoms with Gasteiger partial charge in [0.2, 0.25) is 0 Å². The van der Waals surface area contributed by atoms with Gasteiger partial charge in [-0.25, -0.2) is 0 Å². The van der Waals surface area contributed by atoms with E-state index in [1.807, 2.05) is 0 Å². The molecular weight excluding hydrogens is 388 g/mol. The maximum Gasteiger partial charge on any atom is 0.111 e. The zero-order valence-corrected chi connectivity index (χ0v) is 18.5. The molecule has 0 amide bonds. The first-order valence-corrected chi connectivity index (χ1v) is 11.8. The van der Waals surface area contributed by atoms with Gasteiger partial charge < -0.3 is 9.13 Å². The molecule has 0 unspecified atom stereocenters. The van der Waals surface area contributed by atoms with Gasteiger partial charge in [-0.05, 0) is 37.1 Å². The minimum absolute atomic E-state index is 0.219. The Kier molecular flexibility index (Phi) is 4.72. The number of unbranched alkanes of at least 4 members (excludes halogenated alkanes) is 2. The highest BCUT2D eigenvalue weighted by Gasteiger charge is 2.23. The van der Waals surface area contributed by atoms with Crippen molar-refractivity contribution in [3.8, 4) is 0 Å². The normalized spacial score (nSPS) is 12.1. The Morgan fingerprint density at radius 3 is 1.19 bits per heavy atom. The number of aromatic nitrogens is 2. The number of para-hydroxylation sites is 4. The summed E-state index contributed by atoms with van der Waals surface area (Å²) < 4.78 is 5.19. The van der Waals surface area contributed by atoms with Gasteiger partial charge in [-0.2, -0.15) is 0 Å². The molecular formula is C30H28N2. The van der Waals surface area contributed by atoms with Crippen molar-refractivity contribution < 1.29 is 0 Å². The highest BCUT2D eigenvalue weighted by molar-refractivity contribution is 6.09. The number of nitrogens with zero attached hydrogens (tertiary/aromatic N) is 2. The van der Waals surface area contributed by atoms with Crippen molar-refractivity contribution in [2.24, 2.45) is 0 Å². The minimum Gasteiger partial charge on any atom is -0.319 e. The van der Waals surface area contributed by atoms with E-state index in [1.165, 1.54) is 62.9 Å². The lowest BCUT2D eigenvalue weighted by atomic mass is 10.1. The zero-order valence-electron chi connectivity index (χ0n) is 18.5. The van der Waals surface area contributed by atoms with Gasteiger partial charge in [-0.15, -0.1) is 0 Å². The molecule has 0 radical (unpaired) electrons. The van der Waals surface area contributed by atoms with E-state index in [1.54, 1.807) is 0 Å². The summed E-state index contributed by atoms with van der Waals surface area (Å²) in [6, 6.07) is 35.5. The highest BCUT2D eigenvalue weighted by atomic mass is 15.2. The molecule has 0 aliphatic rings. The SMILES string of the molecule is CCCCCC(n1c2ccccc2c2ccccc21)n1c2ccccc2c2ccccc21. The molecule has 0 N–H and O–H groups in total. The molecule has 32 heavy (non-hydrogen) atoms. The summed E-state index contributed by atoms with van der Waals surface area (Å²) in [6.07, 6.45) is 5.02. The van der Waals surface area contributed by atoms with E-state index in [0.717, 1.165) is 6.42 Å². The lowest BCUT2D eigenvalue weighted by molar-refractivity contribution is 0.423. The van der Waals surface area contributed by atoms with Crippen LogP contribution in [0.15, 0.2) is 97.1 Å². The smallest absolute Gasteiger partial charge is 0.111 e. The van der Waals surface area contributed by atoms with Gasteiger partial charge in [-0.3, -0.25) is 0 Å². The summed E-state index contributed by atoms with van der Waals surface area (Å²) in [4.78, 5) is 0. The molecule has 0 atom stereocenters. The molecule has 2 heterocycles. The molecule has 0 aliphatic carbocycles. The molecule has 158 valence electrons. The largest absolute Gasteiger partial charge is 0.319 e. The van der Waals surface area contributed by atoms with Gasteiger partial charge in [0.05, 0.1) is 22.1 Å². The van der Waals surface area contributed by atoms with Crippen LogP contribution in [0.1, 0.15) is 38.8 Å². The van der Waals surface area contributed by atoms with E-state index in [4.69, 9.17) is 0 Å². The lowest BCUT2D eigenvalue weighted by Gasteiger charge is -2.25. The van der Waals surface area contributed by atoms with E-state index in [2.05, 4.69) is 113 Å². The first-order valence-electron chi connectivity index (χ1n) is 11.8. The highest BCUT2D eigenvalue weighted by Crippen LogP contribution is 2.39. The maximum absolute atomic E-state index is 2.60. The van der Waals surface area contributed by atoms with Crippen LogP contribution in [0.25, 0.3) is 43.6 Å². The van der Waals surface area contributed by atoms with Crippen molar-refractivity contribution in [2.75, 3.05) is 0 Å². The molecule has 0 fully saturated rings. The van der Waals surface area contributed by atoms with Crippen molar-refractivity contribution in [1.82, 2.24) is 9.13 Å². The van der Waals surface area contributed by atoms with E-state index >= 15 is 0 Å². The van der Waals surface area contributed by atoms with Crippen LogP contribution in [0, 0.1) is 0 Å². The number of fused-ring (bicyclic) bond motifs is 6. The van der Waals surface area contributed by atoms with E-state index in [9.17, 15) is 0 Å². The molecule has 6 rings (SSSR count). The predicted octanol–water partition coefficient (Wildman–Crippen LogP) is 8.53. The van der Waals surface area contributed by atoms with E-state index in [0.29, 0.717) is 0 Å². The summed E-state index contributed by atoms with van der Waals surface area (Å²) in [5, 5.41) is 5.35. The molecule has 6 aromatic rings. The summed E-state index contributed by atoms with van der Waals surface area (Å²) >= 11 is 0. The Hall–Kier alpha value is -3.52. The predicted molar refractivity (Wildman–Crippen MR) is 137 cm³/mol.